The van der Waals surface area contributed by atoms with Crippen molar-refractivity contribution < 1.29 is 18.7 Å². The molecule has 0 radical (unpaired) electrons. The van der Waals surface area contributed by atoms with Crippen molar-refractivity contribution in [3.05, 3.63) is 70.2 Å². The molecule has 2 heterocycles. The summed E-state index contributed by atoms with van der Waals surface area (Å²) >= 11 is 0. The number of fused-ring (bicyclic) bond motifs is 3. The number of rotatable bonds is 2. The minimum atomic E-state index is -0.247. The van der Waals surface area contributed by atoms with Gasteiger partial charge in [0.15, 0.2) is 5.76 Å². The molecule has 0 aliphatic carbocycles. The van der Waals surface area contributed by atoms with Crippen molar-refractivity contribution in [2.45, 2.75) is 26.9 Å². The predicted molar refractivity (Wildman–Crippen MR) is 90.9 cm³/mol. The number of carbonyl (C=O) groups excluding carboxylic acids is 1. The first-order valence-electron chi connectivity index (χ1n) is 8.18. The molecule has 0 saturated carbocycles. The third-order valence-electron chi connectivity index (χ3n) is 4.43. The van der Waals surface area contributed by atoms with Crippen LogP contribution in [0.1, 0.15) is 35.3 Å². The quantitative estimate of drug-likeness (QED) is 0.774. The van der Waals surface area contributed by atoms with Crippen LogP contribution in [-0.4, -0.2) is 17.4 Å². The number of carbonyl (C=O) groups is 1. The van der Waals surface area contributed by atoms with E-state index in [0.29, 0.717) is 36.9 Å². The third-order valence-corrected chi connectivity index (χ3v) is 4.43. The molecule has 0 fully saturated rings. The number of hydrogen-bond acceptors (Lipinski definition) is 4. The Kier molecular flexibility index (Phi) is 3.81. The smallest absolute Gasteiger partial charge is 0.231 e. The number of ether oxygens (including phenoxy) is 2. The summed E-state index contributed by atoms with van der Waals surface area (Å²) in [4.78, 5) is 14.5. The normalized spacial score (nSPS) is 16.1. The van der Waals surface area contributed by atoms with Gasteiger partial charge in [0.2, 0.25) is 5.78 Å². The van der Waals surface area contributed by atoms with Crippen molar-refractivity contribution in [1.29, 1.82) is 0 Å². The molecule has 2 aromatic carbocycles. The Balaban J connectivity index is 1.62. The molecule has 0 amide bonds. The predicted octanol–water partition coefficient (Wildman–Crippen LogP) is 4.05. The molecule has 0 unspecified atom stereocenters. The SMILES string of the molecule is CC(C)=C1Oc2c(ccc3c2CN(Cc2ccc(F)cc2)CO3)C1=O. The van der Waals surface area contributed by atoms with Crippen LogP contribution in [0.4, 0.5) is 4.39 Å². The number of ketones is 1. The summed E-state index contributed by atoms with van der Waals surface area (Å²) in [5.74, 6) is 1.43. The molecule has 0 N–H and O–H groups in total. The van der Waals surface area contributed by atoms with Crippen molar-refractivity contribution in [3.63, 3.8) is 0 Å². The van der Waals surface area contributed by atoms with E-state index in [2.05, 4.69) is 4.90 Å². The fourth-order valence-corrected chi connectivity index (χ4v) is 3.17. The number of benzene rings is 2. The zero-order valence-corrected chi connectivity index (χ0v) is 14.1. The maximum Gasteiger partial charge on any atom is 0.231 e. The highest BCUT2D eigenvalue weighted by atomic mass is 19.1. The van der Waals surface area contributed by atoms with Gasteiger partial charge in [0.1, 0.15) is 24.0 Å². The van der Waals surface area contributed by atoms with Crippen LogP contribution in [-0.2, 0) is 13.1 Å². The highest BCUT2D eigenvalue weighted by Gasteiger charge is 2.34. The molecule has 0 aromatic heterocycles. The van der Waals surface area contributed by atoms with Gasteiger partial charge in [-0.15, -0.1) is 0 Å². The fourth-order valence-electron chi connectivity index (χ4n) is 3.17. The van der Waals surface area contributed by atoms with E-state index in [1.807, 2.05) is 19.9 Å². The van der Waals surface area contributed by atoms with Crippen LogP contribution in [0.5, 0.6) is 11.5 Å². The van der Waals surface area contributed by atoms with Crippen molar-refractivity contribution in [2.75, 3.05) is 6.73 Å². The van der Waals surface area contributed by atoms with Gasteiger partial charge >= 0.3 is 0 Å². The lowest BCUT2D eigenvalue weighted by atomic mass is 10.0. The molecule has 5 heteroatoms. The van der Waals surface area contributed by atoms with Crippen molar-refractivity contribution in [3.8, 4) is 11.5 Å². The first kappa shape index (κ1) is 15.8. The molecule has 0 saturated heterocycles. The van der Waals surface area contributed by atoms with E-state index in [0.717, 1.165) is 22.4 Å². The van der Waals surface area contributed by atoms with Crippen molar-refractivity contribution in [2.24, 2.45) is 0 Å². The van der Waals surface area contributed by atoms with Crippen LogP contribution >= 0.6 is 0 Å². The molecule has 4 nitrogen and oxygen atoms in total. The summed E-state index contributed by atoms with van der Waals surface area (Å²) in [6, 6.07) is 10.0. The largest absolute Gasteiger partial charge is 0.478 e. The molecular weight excluding hydrogens is 321 g/mol. The minimum absolute atomic E-state index is 0.0755. The van der Waals surface area contributed by atoms with Crippen LogP contribution in [0.2, 0.25) is 0 Å². The molecule has 2 aromatic rings. The molecule has 128 valence electrons. The molecule has 2 aliphatic heterocycles. The maximum absolute atomic E-state index is 13.1. The van der Waals surface area contributed by atoms with E-state index in [4.69, 9.17) is 9.47 Å². The average molecular weight is 339 g/mol. The van der Waals surface area contributed by atoms with Gasteiger partial charge in [-0.25, -0.2) is 4.39 Å². The second-order valence-corrected chi connectivity index (χ2v) is 6.57. The average Bonchev–Trinajstić information content (AvgIpc) is 2.95. The molecule has 25 heavy (non-hydrogen) atoms. The molecule has 2 aliphatic rings. The second kappa shape index (κ2) is 6.01. The Bertz CT molecular complexity index is 883. The van der Waals surface area contributed by atoms with E-state index in [1.54, 1.807) is 18.2 Å². The topological polar surface area (TPSA) is 38.8 Å². The minimum Gasteiger partial charge on any atom is -0.478 e. The van der Waals surface area contributed by atoms with Gasteiger partial charge in [0.05, 0.1) is 11.1 Å². The summed E-state index contributed by atoms with van der Waals surface area (Å²) < 4.78 is 24.8. The van der Waals surface area contributed by atoms with Gasteiger partial charge in [-0.3, -0.25) is 9.69 Å². The summed E-state index contributed by atoms with van der Waals surface area (Å²) in [6.45, 7) is 5.41. The standard InChI is InChI=1S/C20H18FNO3/c1-12(2)19-18(23)15-7-8-17-16(20(15)25-19)10-22(11-24-17)9-13-3-5-14(21)6-4-13/h3-8H,9-11H2,1-2H3. The van der Waals surface area contributed by atoms with Gasteiger partial charge < -0.3 is 9.47 Å². The lowest BCUT2D eigenvalue weighted by molar-refractivity contribution is 0.0872. The van der Waals surface area contributed by atoms with Gasteiger partial charge in [0.25, 0.3) is 0 Å². The van der Waals surface area contributed by atoms with Crippen LogP contribution in [0.3, 0.4) is 0 Å². The Morgan fingerprint density at radius 2 is 1.92 bits per heavy atom. The van der Waals surface area contributed by atoms with Crippen LogP contribution < -0.4 is 9.47 Å². The number of Topliss-reactive ketones (excluding diaryl/α,β-unsaturated/α-hetero) is 1. The summed E-state index contributed by atoms with van der Waals surface area (Å²) in [7, 11) is 0. The Morgan fingerprint density at radius 3 is 2.64 bits per heavy atom. The van der Waals surface area contributed by atoms with Gasteiger partial charge in [-0.05, 0) is 49.2 Å². The van der Waals surface area contributed by atoms with Crippen molar-refractivity contribution >= 4 is 5.78 Å². The Hall–Kier alpha value is -2.66. The van der Waals surface area contributed by atoms with Gasteiger partial charge in [0, 0.05) is 13.1 Å². The van der Waals surface area contributed by atoms with Crippen LogP contribution in [0, 0.1) is 5.82 Å². The summed E-state index contributed by atoms with van der Waals surface area (Å²) in [5, 5.41) is 0. The first-order chi connectivity index (χ1) is 12.0. The molecule has 0 bridgehead atoms. The lowest BCUT2D eigenvalue weighted by Gasteiger charge is -2.29. The molecular formula is C20H18FNO3. The van der Waals surface area contributed by atoms with E-state index >= 15 is 0 Å². The van der Waals surface area contributed by atoms with Gasteiger partial charge in [-0.2, -0.15) is 0 Å². The summed E-state index contributed by atoms with van der Waals surface area (Å²) in [6.07, 6.45) is 0. The molecule has 0 spiro atoms. The molecule has 0 atom stereocenters. The third kappa shape index (κ3) is 2.81. The van der Waals surface area contributed by atoms with E-state index in [9.17, 15) is 9.18 Å². The van der Waals surface area contributed by atoms with Crippen LogP contribution in [0.25, 0.3) is 0 Å². The van der Waals surface area contributed by atoms with E-state index in [-0.39, 0.29) is 11.6 Å². The Labute approximate surface area is 145 Å². The number of hydrogen-bond donors (Lipinski definition) is 0. The second-order valence-electron chi connectivity index (χ2n) is 6.57. The van der Waals surface area contributed by atoms with E-state index < -0.39 is 0 Å². The summed E-state index contributed by atoms with van der Waals surface area (Å²) in [5.41, 5.74) is 3.33. The number of halogens is 1. The zero-order valence-electron chi connectivity index (χ0n) is 14.1. The zero-order chi connectivity index (χ0) is 17.6. The number of nitrogens with zero attached hydrogens (tertiary/aromatic N) is 1. The first-order valence-corrected chi connectivity index (χ1v) is 8.18. The lowest BCUT2D eigenvalue weighted by Crippen LogP contribution is -2.31. The highest BCUT2D eigenvalue weighted by molar-refractivity contribution is 6.13. The number of allylic oxidation sites excluding steroid dienone is 2. The highest BCUT2D eigenvalue weighted by Crippen LogP contribution is 2.42. The van der Waals surface area contributed by atoms with Gasteiger partial charge in [-0.1, -0.05) is 12.1 Å². The monoisotopic (exact) mass is 339 g/mol. The van der Waals surface area contributed by atoms with Crippen molar-refractivity contribution in [1.82, 2.24) is 4.90 Å². The maximum atomic E-state index is 13.1. The van der Waals surface area contributed by atoms with Crippen LogP contribution in [0.15, 0.2) is 47.7 Å². The molecule has 4 rings (SSSR count). The fraction of sp³-hybridized carbons (Fsp3) is 0.250. The Morgan fingerprint density at radius 1 is 1.16 bits per heavy atom. The van der Waals surface area contributed by atoms with E-state index in [1.165, 1.54) is 12.1 Å².